The SMILES string of the molecule is CC(=O)N1Cc2ccccc2OC(C2CCN(Cc3cccc4cccnc34)CC2)C1.Cl. The third-order valence-electron chi connectivity index (χ3n) is 6.73. The van der Waals surface area contributed by atoms with Gasteiger partial charge in [0.15, 0.2) is 0 Å². The molecule has 2 aromatic carbocycles. The Hall–Kier alpha value is -2.63. The van der Waals surface area contributed by atoms with E-state index in [9.17, 15) is 4.79 Å². The molecule has 1 saturated heterocycles. The van der Waals surface area contributed by atoms with Gasteiger partial charge in [-0.15, -0.1) is 12.4 Å². The Balaban J connectivity index is 0.00000245. The van der Waals surface area contributed by atoms with Crippen LogP contribution in [0.4, 0.5) is 0 Å². The third kappa shape index (κ3) is 4.74. The van der Waals surface area contributed by atoms with E-state index in [0.29, 0.717) is 19.0 Å². The maximum Gasteiger partial charge on any atom is 0.219 e. The zero-order valence-corrected chi connectivity index (χ0v) is 19.3. The molecule has 1 aromatic heterocycles. The van der Waals surface area contributed by atoms with Crippen LogP contribution in [0.15, 0.2) is 60.8 Å². The molecule has 5 nitrogen and oxygen atoms in total. The number of carbonyl (C=O) groups is 1. The van der Waals surface area contributed by atoms with Crippen molar-refractivity contribution in [1.82, 2.24) is 14.8 Å². The van der Waals surface area contributed by atoms with E-state index in [0.717, 1.165) is 49.3 Å². The lowest BCUT2D eigenvalue weighted by Gasteiger charge is -2.36. The number of halogens is 1. The average Bonchev–Trinajstić information content (AvgIpc) is 3.00. The maximum absolute atomic E-state index is 12.2. The zero-order chi connectivity index (χ0) is 21.2. The van der Waals surface area contributed by atoms with Gasteiger partial charge in [-0.3, -0.25) is 14.7 Å². The summed E-state index contributed by atoms with van der Waals surface area (Å²) in [6, 6.07) is 18.7. The lowest BCUT2D eigenvalue weighted by atomic mass is 9.90. The first-order chi connectivity index (χ1) is 15.2. The fourth-order valence-electron chi connectivity index (χ4n) is 4.94. The number of ether oxygens (including phenoxy) is 1. The molecule has 0 N–H and O–H groups in total. The van der Waals surface area contributed by atoms with E-state index in [1.165, 1.54) is 10.9 Å². The average molecular weight is 452 g/mol. The van der Waals surface area contributed by atoms with E-state index in [1.54, 1.807) is 6.92 Å². The number of piperidine rings is 1. The monoisotopic (exact) mass is 451 g/mol. The molecule has 168 valence electrons. The van der Waals surface area contributed by atoms with Crippen molar-refractivity contribution in [1.29, 1.82) is 0 Å². The number of benzene rings is 2. The van der Waals surface area contributed by atoms with Crippen molar-refractivity contribution in [2.24, 2.45) is 5.92 Å². The first kappa shape index (κ1) is 22.6. The fraction of sp³-hybridized carbons (Fsp3) is 0.385. The van der Waals surface area contributed by atoms with Crippen LogP contribution in [-0.2, 0) is 17.9 Å². The van der Waals surface area contributed by atoms with Crippen molar-refractivity contribution in [3.05, 3.63) is 71.9 Å². The van der Waals surface area contributed by atoms with Gasteiger partial charge < -0.3 is 9.64 Å². The van der Waals surface area contributed by atoms with E-state index in [-0.39, 0.29) is 24.4 Å². The molecule has 0 bridgehead atoms. The minimum Gasteiger partial charge on any atom is -0.488 e. The lowest BCUT2D eigenvalue weighted by molar-refractivity contribution is -0.130. The summed E-state index contributed by atoms with van der Waals surface area (Å²) in [5.74, 6) is 1.50. The number of amides is 1. The summed E-state index contributed by atoms with van der Waals surface area (Å²) in [6.45, 7) is 5.96. The third-order valence-corrected chi connectivity index (χ3v) is 6.73. The molecule has 2 aliphatic rings. The second kappa shape index (κ2) is 9.88. The highest BCUT2D eigenvalue weighted by molar-refractivity contribution is 5.85. The molecule has 0 spiro atoms. The number of nitrogens with zero attached hydrogens (tertiary/aromatic N) is 3. The first-order valence-corrected chi connectivity index (χ1v) is 11.2. The minimum absolute atomic E-state index is 0. The van der Waals surface area contributed by atoms with Crippen LogP contribution in [0.25, 0.3) is 10.9 Å². The smallest absolute Gasteiger partial charge is 0.219 e. The molecule has 0 saturated carbocycles. The Morgan fingerprint density at radius 3 is 2.66 bits per heavy atom. The van der Waals surface area contributed by atoms with Crippen molar-refractivity contribution >= 4 is 29.2 Å². The number of carbonyl (C=O) groups excluding carboxylic acids is 1. The van der Waals surface area contributed by atoms with Gasteiger partial charge in [0.1, 0.15) is 11.9 Å². The molecule has 2 aliphatic heterocycles. The van der Waals surface area contributed by atoms with Crippen LogP contribution in [0.5, 0.6) is 5.75 Å². The van der Waals surface area contributed by atoms with Crippen LogP contribution < -0.4 is 4.74 Å². The van der Waals surface area contributed by atoms with Gasteiger partial charge in [-0.05, 0) is 43.6 Å². The largest absolute Gasteiger partial charge is 0.488 e. The van der Waals surface area contributed by atoms with Crippen LogP contribution in [0.2, 0.25) is 0 Å². The van der Waals surface area contributed by atoms with Gasteiger partial charge in [0.05, 0.1) is 12.1 Å². The second-order valence-electron chi connectivity index (χ2n) is 8.77. The molecular weight excluding hydrogens is 422 g/mol. The fourth-order valence-corrected chi connectivity index (χ4v) is 4.94. The van der Waals surface area contributed by atoms with Crippen LogP contribution >= 0.6 is 12.4 Å². The Morgan fingerprint density at radius 2 is 1.84 bits per heavy atom. The zero-order valence-electron chi connectivity index (χ0n) is 18.4. The first-order valence-electron chi connectivity index (χ1n) is 11.2. The Morgan fingerprint density at radius 1 is 1.06 bits per heavy atom. The topological polar surface area (TPSA) is 45.7 Å². The van der Waals surface area contributed by atoms with E-state index in [2.05, 4.69) is 40.2 Å². The van der Waals surface area contributed by atoms with Crippen molar-refractivity contribution in [2.45, 2.75) is 39.0 Å². The molecule has 0 radical (unpaired) electrons. The number of likely N-dealkylation sites (tertiary alicyclic amines) is 1. The van der Waals surface area contributed by atoms with Gasteiger partial charge in [0.2, 0.25) is 5.91 Å². The number of para-hydroxylation sites is 2. The van der Waals surface area contributed by atoms with Gasteiger partial charge in [0.25, 0.3) is 0 Å². The summed E-state index contributed by atoms with van der Waals surface area (Å²) in [6.07, 6.45) is 4.09. The normalized spacial score (nSPS) is 19.5. The second-order valence-corrected chi connectivity index (χ2v) is 8.77. The lowest BCUT2D eigenvalue weighted by Crippen LogP contribution is -2.44. The molecular formula is C26H30ClN3O2. The van der Waals surface area contributed by atoms with E-state index in [1.807, 2.05) is 35.4 Å². The maximum atomic E-state index is 12.2. The number of rotatable bonds is 3. The number of pyridine rings is 1. The van der Waals surface area contributed by atoms with Crippen LogP contribution in [0, 0.1) is 5.92 Å². The Bertz CT molecular complexity index is 1080. The van der Waals surface area contributed by atoms with Gasteiger partial charge in [-0.1, -0.05) is 42.5 Å². The quantitative estimate of drug-likeness (QED) is 0.580. The number of aromatic nitrogens is 1. The van der Waals surface area contributed by atoms with E-state index < -0.39 is 0 Å². The van der Waals surface area contributed by atoms with Crippen molar-refractivity contribution in [3.63, 3.8) is 0 Å². The predicted molar refractivity (Wildman–Crippen MR) is 129 cm³/mol. The van der Waals surface area contributed by atoms with Crippen molar-refractivity contribution < 1.29 is 9.53 Å². The van der Waals surface area contributed by atoms with Gasteiger partial charge >= 0.3 is 0 Å². The van der Waals surface area contributed by atoms with Crippen LogP contribution in [0.1, 0.15) is 30.9 Å². The highest BCUT2D eigenvalue weighted by Crippen LogP contribution is 2.31. The molecule has 1 atom stereocenters. The standard InChI is InChI=1S/C26H29N3O2.ClH/c1-19(30)29-17-22-6-2-3-10-24(22)31-25(18-29)20-11-14-28(15-12-20)16-23-8-4-7-21-9-5-13-27-26(21)23;/h2-10,13,20,25H,11-12,14-18H2,1H3;1H. The molecule has 1 unspecified atom stereocenters. The Kier molecular flexibility index (Phi) is 6.97. The van der Waals surface area contributed by atoms with Crippen molar-refractivity contribution in [3.8, 4) is 5.75 Å². The predicted octanol–water partition coefficient (Wildman–Crippen LogP) is 4.68. The molecule has 32 heavy (non-hydrogen) atoms. The summed E-state index contributed by atoms with van der Waals surface area (Å²) >= 11 is 0. The van der Waals surface area contributed by atoms with Gasteiger partial charge in [-0.25, -0.2) is 0 Å². The summed E-state index contributed by atoms with van der Waals surface area (Å²) < 4.78 is 6.47. The minimum atomic E-state index is 0. The number of hydrogen-bond donors (Lipinski definition) is 0. The molecule has 3 heterocycles. The summed E-state index contributed by atoms with van der Waals surface area (Å²) in [5.41, 5.74) is 3.49. The molecule has 5 rings (SSSR count). The summed E-state index contributed by atoms with van der Waals surface area (Å²) in [7, 11) is 0. The molecule has 3 aromatic rings. The number of fused-ring (bicyclic) bond motifs is 2. The number of hydrogen-bond acceptors (Lipinski definition) is 4. The van der Waals surface area contributed by atoms with E-state index in [4.69, 9.17) is 4.74 Å². The highest BCUT2D eigenvalue weighted by Gasteiger charge is 2.33. The van der Waals surface area contributed by atoms with E-state index >= 15 is 0 Å². The summed E-state index contributed by atoms with van der Waals surface area (Å²) in [5, 5.41) is 1.20. The van der Waals surface area contributed by atoms with Crippen LogP contribution in [0.3, 0.4) is 0 Å². The highest BCUT2D eigenvalue weighted by atomic mass is 35.5. The Labute approximate surface area is 195 Å². The summed E-state index contributed by atoms with van der Waals surface area (Å²) in [4.78, 5) is 21.3. The van der Waals surface area contributed by atoms with Crippen LogP contribution in [-0.4, -0.2) is 46.4 Å². The molecule has 1 amide bonds. The van der Waals surface area contributed by atoms with Gasteiger partial charge in [-0.2, -0.15) is 0 Å². The molecule has 0 aliphatic carbocycles. The van der Waals surface area contributed by atoms with Gasteiger partial charge in [0, 0.05) is 43.1 Å². The molecule has 1 fully saturated rings. The van der Waals surface area contributed by atoms with Crippen molar-refractivity contribution in [2.75, 3.05) is 19.6 Å². The molecule has 6 heteroatoms.